The molecule has 1 saturated heterocycles. The lowest BCUT2D eigenvalue weighted by Gasteiger charge is -2.10. The van der Waals surface area contributed by atoms with Gasteiger partial charge in [0.1, 0.15) is 6.61 Å². The van der Waals surface area contributed by atoms with Crippen molar-refractivity contribution in [2.45, 2.75) is 32.0 Å². The Morgan fingerprint density at radius 3 is 2.82 bits per heavy atom. The molecule has 0 saturated carbocycles. The first-order valence-electron chi connectivity index (χ1n) is 4.17. The molecule has 0 bridgehead atoms. The number of epoxide rings is 1. The van der Waals surface area contributed by atoms with Crippen LogP contribution in [0, 0.1) is 0 Å². The SMILES string of the molecule is CCCC1(OCCCBr)CO1. The quantitative estimate of drug-likeness (QED) is 0.391. The summed E-state index contributed by atoms with van der Waals surface area (Å²) in [4.78, 5) is 0. The Bertz CT molecular complexity index is 113. The van der Waals surface area contributed by atoms with E-state index in [0.29, 0.717) is 0 Å². The smallest absolute Gasteiger partial charge is 0.192 e. The molecule has 0 aromatic carbocycles. The normalized spacial score (nSPS) is 28.9. The number of rotatable bonds is 6. The van der Waals surface area contributed by atoms with Gasteiger partial charge in [-0.25, -0.2) is 0 Å². The number of halogens is 1. The predicted molar refractivity (Wildman–Crippen MR) is 48.0 cm³/mol. The number of hydrogen-bond acceptors (Lipinski definition) is 2. The highest BCUT2D eigenvalue weighted by molar-refractivity contribution is 9.09. The van der Waals surface area contributed by atoms with Crippen molar-refractivity contribution in [2.75, 3.05) is 18.5 Å². The van der Waals surface area contributed by atoms with Crippen molar-refractivity contribution in [2.24, 2.45) is 0 Å². The van der Waals surface area contributed by atoms with Crippen LogP contribution in [0.1, 0.15) is 26.2 Å². The summed E-state index contributed by atoms with van der Waals surface area (Å²) in [5.74, 6) is -0.170. The summed E-state index contributed by atoms with van der Waals surface area (Å²) in [5.41, 5.74) is 0. The van der Waals surface area contributed by atoms with Crippen LogP contribution in [0.15, 0.2) is 0 Å². The summed E-state index contributed by atoms with van der Waals surface area (Å²) in [6, 6.07) is 0. The van der Waals surface area contributed by atoms with Crippen molar-refractivity contribution in [1.29, 1.82) is 0 Å². The maximum absolute atomic E-state index is 5.57. The van der Waals surface area contributed by atoms with Gasteiger partial charge in [-0.2, -0.15) is 0 Å². The van der Waals surface area contributed by atoms with Gasteiger partial charge in [0.25, 0.3) is 0 Å². The zero-order valence-corrected chi connectivity index (χ0v) is 8.52. The number of hydrogen-bond donors (Lipinski definition) is 0. The van der Waals surface area contributed by atoms with E-state index in [-0.39, 0.29) is 5.79 Å². The van der Waals surface area contributed by atoms with E-state index < -0.39 is 0 Å². The van der Waals surface area contributed by atoms with Gasteiger partial charge in [0.15, 0.2) is 5.79 Å². The molecule has 0 spiro atoms. The summed E-state index contributed by atoms with van der Waals surface area (Å²) in [5, 5.41) is 1.01. The van der Waals surface area contributed by atoms with Crippen LogP contribution in [0.3, 0.4) is 0 Å². The standard InChI is InChI=1S/C8H15BrO2/c1-2-4-8(7-11-8)10-6-3-5-9/h2-7H2,1H3. The van der Waals surface area contributed by atoms with Crippen molar-refractivity contribution >= 4 is 15.9 Å². The Morgan fingerprint density at radius 2 is 2.36 bits per heavy atom. The first-order chi connectivity index (χ1) is 5.33. The second kappa shape index (κ2) is 4.43. The van der Waals surface area contributed by atoms with E-state index in [4.69, 9.17) is 9.47 Å². The monoisotopic (exact) mass is 222 g/mol. The maximum atomic E-state index is 5.57. The highest BCUT2D eigenvalue weighted by Gasteiger charge is 2.44. The third-order valence-corrected chi connectivity index (χ3v) is 2.30. The molecule has 11 heavy (non-hydrogen) atoms. The highest BCUT2D eigenvalue weighted by atomic mass is 79.9. The van der Waals surface area contributed by atoms with Crippen LogP contribution in [0.2, 0.25) is 0 Å². The summed E-state index contributed by atoms with van der Waals surface area (Å²) in [7, 11) is 0. The van der Waals surface area contributed by atoms with Gasteiger partial charge in [0.2, 0.25) is 0 Å². The molecule has 1 unspecified atom stereocenters. The molecule has 0 aromatic heterocycles. The average Bonchev–Trinajstić information content (AvgIpc) is 2.71. The zero-order valence-electron chi connectivity index (χ0n) is 6.94. The molecule has 0 aliphatic carbocycles. The second-order valence-electron chi connectivity index (χ2n) is 2.84. The summed E-state index contributed by atoms with van der Waals surface area (Å²) in [6.45, 7) is 3.76. The van der Waals surface area contributed by atoms with Gasteiger partial charge >= 0.3 is 0 Å². The molecule has 0 aromatic rings. The summed E-state index contributed by atoms with van der Waals surface area (Å²) in [6.07, 6.45) is 3.23. The van der Waals surface area contributed by atoms with Crippen molar-refractivity contribution in [3.8, 4) is 0 Å². The van der Waals surface area contributed by atoms with Gasteiger partial charge in [-0.3, -0.25) is 0 Å². The van der Waals surface area contributed by atoms with Gasteiger partial charge in [-0.15, -0.1) is 0 Å². The molecule has 0 amide bonds. The average molecular weight is 223 g/mol. The number of alkyl halides is 1. The van der Waals surface area contributed by atoms with E-state index in [9.17, 15) is 0 Å². The molecule has 0 N–H and O–H groups in total. The molecule has 1 aliphatic heterocycles. The molecule has 1 aliphatic rings. The van der Waals surface area contributed by atoms with E-state index in [1.165, 1.54) is 0 Å². The van der Waals surface area contributed by atoms with Crippen molar-refractivity contribution in [3.05, 3.63) is 0 Å². The minimum absolute atomic E-state index is 0.170. The van der Waals surface area contributed by atoms with Crippen LogP contribution >= 0.6 is 15.9 Å². The zero-order chi connectivity index (χ0) is 8.16. The number of ether oxygens (including phenoxy) is 2. The Kier molecular flexibility index (Phi) is 3.82. The molecule has 1 rings (SSSR count). The van der Waals surface area contributed by atoms with Crippen molar-refractivity contribution in [3.63, 3.8) is 0 Å². The van der Waals surface area contributed by atoms with E-state index >= 15 is 0 Å². The van der Waals surface area contributed by atoms with Crippen LogP contribution in [-0.2, 0) is 9.47 Å². The van der Waals surface area contributed by atoms with Crippen molar-refractivity contribution < 1.29 is 9.47 Å². The van der Waals surface area contributed by atoms with Crippen LogP contribution in [-0.4, -0.2) is 24.3 Å². The fourth-order valence-electron chi connectivity index (χ4n) is 1.07. The Hall–Kier alpha value is 0.400. The van der Waals surface area contributed by atoms with Gasteiger partial charge in [0, 0.05) is 11.8 Å². The molecular weight excluding hydrogens is 208 g/mol. The third kappa shape index (κ3) is 3.09. The Morgan fingerprint density at radius 1 is 1.64 bits per heavy atom. The molecule has 3 heteroatoms. The lowest BCUT2D eigenvalue weighted by Crippen LogP contribution is -2.16. The molecule has 1 atom stereocenters. The molecule has 66 valence electrons. The molecule has 1 heterocycles. The molecule has 1 fully saturated rings. The van der Waals surface area contributed by atoms with Crippen LogP contribution in [0.5, 0.6) is 0 Å². The van der Waals surface area contributed by atoms with Crippen LogP contribution < -0.4 is 0 Å². The minimum Gasteiger partial charge on any atom is -0.348 e. The van der Waals surface area contributed by atoms with Gasteiger partial charge in [-0.1, -0.05) is 29.3 Å². The maximum Gasteiger partial charge on any atom is 0.192 e. The van der Waals surface area contributed by atoms with E-state index in [0.717, 1.165) is 37.8 Å². The van der Waals surface area contributed by atoms with Crippen molar-refractivity contribution in [1.82, 2.24) is 0 Å². The van der Waals surface area contributed by atoms with Gasteiger partial charge < -0.3 is 9.47 Å². The Labute approximate surface area is 76.4 Å². The van der Waals surface area contributed by atoms with E-state index in [2.05, 4.69) is 22.9 Å². The topological polar surface area (TPSA) is 21.8 Å². The Balaban J connectivity index is 2.04. The predicted octanol–water partition coefficient (Wildman–Crippen LogP) is 2.31. The molecule has 0 radical (unpaired) electrons. The highest BCUT2D eigenvalue weighted by Crippen LogP contribution is 2.33. The van der Waals surface area contributed by atoms with Gasteiger partial charge in [-0.05, 0) is 6.42 Å². The molecule has 2 nitrogen and oxygen atoms in total. The summed E-state index contributed by atoms with van der Waals surface area (Å²) >= 11 is 3.36. The minimum atomic E-state index is -0.170. The van der Waals surface area contributed by atoms with Crippen LogP contribution in [0.4, 0.5) is 0 Å². The second-order valence-corrected chi connectivity index (χ2v) is 3.63. The van der Waals surface area contributed by atoms with E-state index in [1.54, 1.807) is 0 Å². The first-order valence-corrected chi connectivity index (χ1v) is 5.29. The van der Waals surface area contributed by atoms with Crippen LogP contribution in [0.25, 0.3) is 0 Å². The third-order valence-electron chi connectivity index (χ3n) is 1.74. The first kappa shape index (κ1) is 9.49. The lowest BCUT2D eigenvalue weighted by atomic mass is 10.2. The largest absolute Gasteiger partial charge is 0.348 e. The fourth-order valence-corrected chi connectivity index (χ4v) is 1.30. The van der Waals surface area contributed by atoms with E-state index in [1.807, 2.05) is 0 Å². The van der Waals surface area contributed by atoms with Gasteiger partial charge in [0.05, 0.1) is 6.61 Å². The summed E-state index contributed by atoms with van der Waals surface area (Å²) < 4.78 is 10.8. The molecular formula is C8H15BrO2. The lowest BCUT2D eigenvalue weighted by molar-refractivity contribution is -0.0483. The fraction of sp³-hybridized carbons (Fsp3) is 1.00.